The summed E-state index contributed by atoms with van der Waals surface area (Å²) in [6, 6.07) is 14.9. The molecule has 150 valence electrons. The molecule has 1 aliphatic rings. The van der Waals surface area contributed by atoms with Crippen molar-refractivity contribution in [2.45, 2.75) is 40.2 Å². The Labute approximate surface area is 168 Å². The molecule has 1 fully saturated rings. The van der Waals surface area contributed by atoms with Crippen LogP contribution in [0.5, 0.6) is 5.75 Å². The van der Waals surface area contributed by atoms with E-state index in [2.05, 4.69) is 61.3 Å². The third-order valence-corrected chi connectivity index (χ3v) is 5.35. The molecule has 1 amide bonds. The van der Waals surface area contributed by atoms with Crippen LogP contribution in [-0.2, 0) is 11.3 Å². The first-order chi connectivity index (χ1) is 13.5. The minimum atomic E-state index is 0.121. The van der Waals surface area contributed by atoms with E-state index in [0.29, 0.717) is 13.2 Å². The van der Waals surface area contributed by atoms with Crippen LogP contribution in [0.25, 0.3) is 0 Å². The Morgan fingerprint density at radius 2 is 1.64 bits per heavy atom. The van der Waals surface area contributed by atoms with Crippen molar-refractivity contribution in [1.82, 2.24) is 10.2 Å². The number of likely N-dealkylation sites (tertiary alicyclic amines) is 1. The number of rotatable bonds is 7. The second kappa shape index (κ2) is 9.74. The SMILES string of the molecule is Cc1ccc(CN2CCC(C(=O)NCCOc3cc(C)cc(C)c3)CC2)cc1. The van der Waals surface area contributed by atoms with Crippen LogP contribution < -0.4 is 10.1 Å². The Morgan fingerprint density at radius 3 is 2.29 bits per heavy atom. The van der Waals surface area contributed by atoms with Gasteiger partial charge in [0.1, 0.15) is 12.4 Å². The number of carbonyl (C=O) groups excluding carboxylic acids is 1. The zero-order chi connectivity index (χ0) is 19.9. The first kappa shape index (κ1) is 20.4. The van der Waals surface area contributed by atoms with E-state index in [1.807, 2.05) is 12.1 Å². The number of nitrogens with one attached hydrogen (secondary N) is 1. The van der Waals surface area contributed by atoms with Gasteiger partial charge in [-0.2, -0.15) is 0 Å². The Balaban J connectivity index is 1.35. The van der Waals surface area contributed by atoms with E-state index in [4.69, 9.17) is 4.74 Å². The van der Waals surface area contributed by atoms with E-state index in [9.17, 15) is 4.79 Å². The van der Waals surface area contributed by atoms with Crippen molar-refractivity contribution >= 4 is 5.91 Å². The van der Waals surface area contributed by atoms with Gasteiger partial charge in [0.15, 0.2) is 0 Å². The molecule has 0 aliphatic carbocycles. The van der Waals surface area contributed by atoms with Crippen LogP contribution in [0, 0.1) is 26.7 Å². The molecule has 1 saturated heterocycles. The number of piperidine rings is 1. The number of ether oxygens (including phenoxy) is 1. The minimum Gasteiger partial charge on any atom is -0.492 e. The molecule has 4 nitrogen and oxygen atoms in total. The molecule has 0 atom stereocenters. The van der Waals surface area contributed by atoms with Crippen molar-refractivity contribution in [3.8, 4) is 5.75 Å². The number of benzene rings is 2. The number of carbonyl (C=O) groups is 1. The van der Waals surface area contributed by atoms with Gasteiger partial charge < -0.3 is 10.1 Å². The summed E-state index contributed by atoms with van der Waals surface area (Å²) < 4.78 is 5.77. The van der Waals surface area contributed by atoms with E-state index >= 15 is 0 Å². The quantitative estimate of drug-likeness (QED) is 0.738. The molecule has 0 saturated carbocycles. The molecular formula is C24H32N2O2. The number of hydrogen-bond acceptors (Lipinski definition) is 3. The van der Waals surface area contributed by atoms with Gasteiger partial charge in [-0.3, -0.25) is 9.69 Å². The normalized spacial score (nSPS) is 15.4. The summed E-state index contributed by atoms with van der Waals surface area (Å²) >= 11 is 0. The molecule has 0 bridgehead atoms. The van der Waals surface area contributed by atoms with Crippen molar-refractivity contribution in [3.63, 3.8) is 0 Å². The van der Waals surface area contributed by atoms with Gasteiger partial charge in [-0.25, -0.2) is 0 Å². The molecule has 1 aliphatic heterocycles. The van der Waals surface area contributed by atoms with Crippen LogP contribution in [0.1, 0.15) is 35.1 Å². The van der Waals surface area contributed by atoms with Crippen LogP contribution >= 0.6 is 0 Å². The topological polar surface area (TPSA) is 41.6 Å². The van der Waals surface area contributed by atoms with E-state index in [-0.39, 0.29) is 11.8 Å². The Hall–Kier alpha value is -2.33. The number of aryl methyl sites for hydroxylation is 3. The lowest BCUT2D eigenvalue weighted by Crippen LogP contribution is -2.41. The fourth-order valence-electron chi connectivity index (χ4n) is 3.81. The highest BCUT2D eigenvalue weighted by Gasteiger charge is 2.24. The van der Waals surface area contributed by atoms with Crippen LogP contribution in [-0.4, -0.2) is 37.0 Å². The lowest BCUT2D eigenvalue weighted by molar-refractivity contribution is -0.126. The van der Waals surface area contributed by atoms with Crippen molar-refractivity contribution < 1.29 is 9.53 Å². The fourth-order valence-corrected chi connectivity index (χ4v) is 3.81. The molecule has 0 aromatic heterocycles. The largest absolute Gasteiger partial charge is 0.492 e. The van der Waals surface area contributed by atoms with Crippen LogP contribution in [0.4, 0.5) is 0 Å². The number of hydrogen-bond donors (Lipinski definition) is 1. The zero-order valence-electron chi connectivity index (χ0n) is 17.3. The molecule has 1 heterocycles. The van der Waals surface area contributed by atoms with Crippen LogP contribution in [0.3, 0.4) is 0 Å². The summed E-state index contributed by atoms with van der Waals surface area (Å²) in [4.78, 5) is 14.9. The molecule has 2 aromatic carbocycles. The molecule has 0 spiro atoms. The van der Waals surface area contributed by atoms with Crippen molar-refractivity contribution in [2.75, 3.05) is 26.2 Å². The second-order valence-corrected chi connectivity index (χ2v) is 8.00. The molecule has 0 unspecified atom stereocenters. The first-order valence-electron chi connectivity index (χ1n) is 10.3. The van der Waals surface area contributed by atoms with Gasteiger partial charge in [-0.1, -0.05) is 35.9 Å². The third-order valence-electron chi connectivity index (χ3n) is 5.35. The van der Waals surface area contributed by atoms with Gasteiger partial charge in [0, 0.05) is 12.5 Å². The highest BCUT2D eigenvalue weighted by Crippen LogP contribution is 2.20. The molecule has 0 radical (unpaired) electrons. The molecule has 2 aromatic rings. The molecule has 3 rings (SSSR count). The Morgan fingerprint density at radius 1 is 1.00 bits per heavy atom. The Bertz CT molecular complexity index is 757. The van der Waals surface area contributed by atoms with Gasteiger partial charge in [0.25, 0.3) is 0 Å². The summed E-state index contributed by atoms with van der Waals surface area (Å²) in [5.41, 5.74) is 5.02. The zero-order valence-corrected chi connectivity index (χ0v) is 17.3. The summed E-state index contributed by atoms with van der Waals surface area (Å²) in [6.45, 7) is 10.2. The Kier molecular flexibility index (Phi) is 7.10. The summed E-state index contributed by atoms with van der Waals surface area (Å²) in [7, 11) is 0. The number of amides is 1. The third kappa shape index (κ3) is 6.10. The van der Waals surface area contributed by atoms with Crippen LogP contribution in [0.15, 0.2) is 42.5 Å². The lowest BCUT2D eigenvalue weighted by atomic mass is 9.95. The molecule has 28 heavy (non-hydrogen) atoms. The first-order valence-corrected chi connectivity index (χ1v) is 10.3. The van der Waals surface area contributed by atoms with Gasteiger partial charge in [-0.15, -0.1) is 0 Å². The summed E-state index contributed by atoms with van der Waals surface area (Å²) in [5, 5.41) is 3.04. The van der Waals surface area contributed by atoms with Gasteiger partial charge in [0.2, 0.25) is 5.91 Å². The van der Waals surface area contributed by atoms with Gasteiger partial charge >= 0.3 is 0 Å². The maximum Gasteiger partial charge on any atom is 0.223 e. The van der Waals surface area contributed by atoms with E-state index in [0.717, 1.165) is 38.2 Å². The predicted octanol–water partition coefficient (Wildman–Crippen LogP) is 4.02. The van der Waals surface area contributed by atoms with Gasteiger partial charge in [-0.05, 0) is 75.5 Å². The molecule has 4 heteroatoms. The predicted molar refractivity (Wildman–Crippen MR) is 114 cm³/mol. The monoisotopic (exact) mass is 380 g/mol. The van der Waals surface area contributed by atoms with Gasteiger partial charge in [0.05, 0.1) is 6.54 Å². The summed E-state index contributed by atoms with van der Waals surface area (Å²) in [6.07, 6.45) is 1.85. The van der Waals surface area contributed by atoms with Crippen LogP contribution in [0.2, 0.25) is 0 Å². The smallest absolute Gasteiger partial charge is 0.223 e. The standard InChI is InChI=1S/C24H32N2O2/c1-18-4-6-21(7-5-18)17-26-11-8-22(9-12-26)24(27)25-10-13-28-23-15-19(2)14-20(3)16-23/h4-7,14-16,22H,8-13,17H2,1-3H3,(H,25,27). The van der Waals surface area contributed by atoms with Crippen molar-refractivity contribution in [3.05, 3.63) is 64.7 Å². The van der Waals surface area contributed by atoms with Crippen molar-refractivity contribution in [1.29, 1.82) is 0 Å². The second-order valence-electron chi connectivity index (χ2n) is 8.00. The van der Waals surface area contributed by atoms with E-state index in [1.165, 1.54) is 22.3 Å². The highest BCUT2D eigenvalue weighted by atomic mass is 16.5. The molecule has 1 N–H and O–H groups in total. The maximum atomic E-state index is 12.4. The average Bonchev–Trinajstić information content (AvgIpc) is 2.67. The fraction of sp³-hybridized carbons (Fsp3) is 0.458. The molecular weight excluding hydrogens is 348 g/mol. The van der Waals surface area contributed by atoms with E-state index in [1.54, 1.807) is 0 Å². The maximum absolute atomic E-state index is 12.4. The van der Waals surface area contributed by atoms with E-state index < -0.39 is 0 Å². The minimum absolute atomic E-state index is 0.121. The summed E-state index contributed by atoms with van der Waals surface area (Å²) in [5.74, 6) is 1.16. The average molecular weight is 381 g/mol. The highest BCUT2D eigenvalue weighted by molar-refractivity contribution is 5.78. The lowest BCUT2D eigenvalue weighted by Gasteiger charge is -2.31. The number of nitrogens with zero attached hydrogens (tertiary/aromatic N) is 1. The van der Waals surface area contributed by atoms with Crippen molar-refractivity contribution in [2.24, 2.45) is 5.92 Å².